The minimum Gasteiger partial charge on any atom is -0.349 e. The number of amides is 1. The van der Waals surface area contributed by atoms with Crippen LogP contribution < -0.4 is 5.32 Å². The maximum absolute atomic E-state index is 12.7. The van der Waals surface area contributed by atoms with Crippen LogP contribution in [0.1, 0.15) is 42.5 Å². The zero-order valence-electron chi connectivity index (χ0n) is 16.7. The molecule has 0 saturated carbocycles. The molecule has 2 aromatic carbocycles. The van der Waals surface area contributed by atoms with Gasteiger partial charge in [0.1, 0.15) is 0 Å². The molecule has 0 aromatic heterocycles. The number of piperidine rings is 1. The highest BCUT2D eigenvalue weighted by molar-refractivity contribution is 7.89. The molecule has 1 fully saturated rings. The molecule has 1 unspecified atom stereocenters. The second-order valence-corrected chi connectivity index (χ2v) is 9.52. The summed E-state index contributed by atoms with van der Waals surface area (Å²) in [6.45, 7) is 6.83. The first-order valence-electron chi connectivity index (χ1n) is 9.72. The molecular weight excluding hydrogens is 372 g/mol. The Hall–Kier alpha value is -2.18. The van der Waals surface area contributed by atoms with Gasteiger partial charge in [-0.2, -0.15) is 4.31 Å². The van der Waals surface area contributed by atoms with Crippen molar-refractivity contribution in [1.29, 1.82) is 0 Å². The molecule has 28 heavy (non-hydrogen) atoms. The molecule has 5 nitrogen and oxygen atoms in total. The lowest BCUT2D eigenvalue weighted by molar-refractivity contribution is -0.126. The summed E-state index contributed by atoms with van der Waals surface area (Å²) in [7, 11) is -3.49. The smallest absolute Gasteiger partial charge is 0.243 e. The largest absolute Gasteiger partial charge is 0.349 e. The Morgan fingerprint density at radius 2 is 1.71 bits per heavy atom. The highest BCUT2D eigenvalue weighted by atomic mass is 32.2. The van der Waals surface area contributed by atoms with E-state index in [2.05, 4.69) is 37.4 Å². The normalized spacial score (nSPS) is 17.2. The van der Waals surface area contributed by atoms with Gasteiger partial charge in [0, 0.05) is 19.0 Å². The average Bonchev–Trinajstić information content (AvgIpc) is 2.68. The Bertz CT molecular complexity index is 934. The van der Waals surface area contributed by atoms with E-state index in [0.717, 1.165) is 11.1 Å². The lowest BCUT2D eigenvalue weighted by atomic mass is 9.95. The van der Waals surface area contributed by atoms with Gasteiger partial charge in [0.15, 0.2) is 0 Å². The zero-order chi connectivity index (χ0) is 20.3. The van der Waals surface area contributed by atoms with Crippen LogP contribution in [0.4, 0.5) is 0 Å². The lowest BCUT2D eigenvalue weighted by Gasteiger charge is -2.31. The van der Waals surface area contributed by atoms with E-state index in [1.54, 1.807) is 30.3 Å². The van der Waals surface area contributed by atoms with E-state index in [9.17, 15) is 13.2 Å². The van der Waals surface area contributed by atoms with Crippen molar-refractivity contribution in [2.24, 2.45) is 5.92 Å². The van der Waals surface area contributed by atoms with Gasteiger partial charge in [-0.05, 0) is 56.9 Å². The first-order chi connectivity index (χ1) is 13.3. The average molecular weight is 401 g/mol. The number of rotatable bonds is 5. The Labute approximate surface area is 167 Å². The SMILES string of the molecule is Cc1ccc(C(C)NC(=O)C2CCN(S(=O)(=O)c3ccccc3)CC2)c(C)c1. The third-order valence-electron chi connectivity index (χ3n) is 5.46. The summed E-state index contributed by atoms with van der Waals surface area (Å²) in [6.07, 6.45) is 1.08. The number of carbonyl (C=O) groups excluding carboxylic acids is 1. The standard InChI is InChI=1S/C22H28N2O3S/c1-16-9-10-21(17(2)15-16)18(3)23-22(25)19-11-13-24(14-12-19)28(26,27)20-7-5-4-6-8-20/h4-10,15,18-19H,11-14H2,1-3H3,(H,23,25). The van der Waals surface area contributed by atoms with E-state index in [4.69, 9.17) is 0 Å². The molecule has 2 aromatic rings. The molecule has 0 spiro atoms. The predicted octanol–water partition coefficient (Wildman–Crippen LogP) is 3.58. The van der Waals surface area contributed by atoms with Crippen LogP contribution in [0.2, 0.25) is 0 Å². The van der Waals surface area contributed by atoms with Crippen LogP contribution in [-0.2, 0) is 14.8 Å². The number of hydrogen-bond acceptors (Lipinski definition) is 3. The van der Waals surface area contributed by atoms with E-state index in [0.29, 0.717) is 30.8 Å². The maximum atomic E-state index is 12.7. The van der Waals surface area contributed by atoms with E-state index in [1.165, 1.54) is 9.87 Å². The second kappa shape index (κ2) is 8.45. The van der Waals surface area contributed by atoms with Crippen molar-refractivity contribution >= 4 is 15.9 Å². The summed E-state index contributed by atoms with van der Waals surface area (Å²) in [5, 5.41) is 3.10. The van der Waals surface area contributed by atoms with Gasteiger partial charge in [0.2, 0.25) is 15.9 Å². The first kappa shape index (κ1) is 20.6. The molecule has 0 radical (unpaired) electrons. The Kier molecular flexibility index (Phi) is 6.20. The quantitative estimate of drug-likeness (QED) is 0.834. The topological polar surface area (TPSA) is 66.5 Å². The molecule has 6 heteroatoms. The number of aryl methyl sites for hydroxylation is 2. The van der Waals surface area contributed by atoms with Crippen LogP contribution in [0, 0.1) is 19.8 Å². The van der Waals surface area contributed by atoms with Crippen molar-refractivity contribution in [2.75, 3.05) is 13.1 Å². The summed E-state index contributed by atoms with van der Waals surface area (Å²) < 4.78 is 26.9. The van der Waals surface area contributed by atoms with Crippen LogP contribution in [0.15, 0.2) is 53.4 Å². The van der Waals surface area contributed by atoms with Crippen LogP contribution in [0.5, 0.6) is 0 Å². The molecule has 1 amide bonds. The van der Waals surface area contributed by atoms with Crippen LogP contribution in [-0.4, -0.2) is 31.7 Å². The van der Waals surface area contributed by atoms with E-state index >= 15 is 0 Å². The van der Waals surface area contributed by atoms with Gasteiger partial charge in [-0.1, -0.05) is 42.0 Å². The number of nitrogens with zero attached hydrogens (tertiary/aromatic N) is 1. The predicted molar refractivity (Wildman–Crippen MR) is 110 cm³/mol. The van der Waals surface area contributed by atoms with Crippen molar-refractivity contribution in [3.05, 3.63) is 65.2 Å². The van der Waals surface area contributed by atoms with Gasteiger partial charge in [-0.25, -0.2) is 8.42 Å². The van der Waals surface area contributed by atoms with Crippen LogP contribution >= 0.6 is 0 Å². The Morgan fingerprint density at radius 3 is 2.32 bits per heavy atom. The van der Waals surface area contributed by atoms with E-state index < -0.39 is 10.0 Å². The fourth-order valence-electron chi connectivity index (χ4n) is 3.82. The molecule has 1 heterocycles. The van der Waals surface area contributed by atoms with Gasteiger partial charge < -0.3 is 5.32 Å². The molecule has 0 aliphatic carbocycles. The number of benzene rings is 2. The minimum atomic E-state index is -3.49. The summed E-state index contributed by atoms with van der Waals surface area (Å²) in [5.74, 6) is -0.153. The van der Waals surface area contributed by atoms with Gasteiger partial charge in [-0.3, -0.25) is 4.79 Å². The van der Waals surface area contributed by atoms with Crippen LogP contribution in [0.3, 0.4) is 0 Å². The molecule has 3 rings (SSSR count). The lowest BCUT2D eigenvalue weighted by Crippen LogP contribution is -2.43. The third-order valence-corrected chi connectivity index (χ3v) is 7.37. The molecule has 1 atom stereocenters. The first-order valence-corrected chi connectivity index (χ1v) is 11.2. The molecule has 150 valence electrons. The molecule has 1 saturated heterocycles. The maximum Gasteiger partial charge on any atom is 0.243 e. The fourth-order valence-corrected chi connectivity index (χ4v) is 5.31. The summed E-state index contributed by atoms with van der Waals surface area (Å²) >= 11 is 0. The van der Waals surface area contributed by atoms with Crippen molar-refractivity contribution < 1.29 is 13.2 Å². The number of carbonyl (C=O) groups is 1. The highest BCUT2D eigenvalue weighted by Gasteiger charge is 2.32. The summed E-state index contributed by atoms with van der Waals surface area (Å²) in [5.41, 5.74) is 3.48. The van der Waals surface area contributed by atoms with Gasteiger partial charge in [0.25, 0.3) is 0 Å². The number of hydrogen-bond donors (Lipinski definition) is 1. The molecule has 1 aliphatic heterocycles. The molecule has 1 N–H and O–H groups in total. The molecular formula is C22H28N2O3S. The van der Waals surface area contributed by atoms with Crippen molar-refractivity contribution in [3.63, 3.8) is 0 Å². The number of sulfonamides is 1. The van der Waals surface area contributed by atoms with Crippen molar-refractivity contribution in [1.82, 2.24) is 9.62 Å². The fraction of sp³-hybridized carbons (Fsp3) is 0.409. The zero-order valence-corrected chi connectivity index (χ0v) is 17.5. The Morgan fingerprint density at radius 1 is 1.07 bits per heavy atom. The summed E-state index contributed by atoms with van der Waals surface area (Å²) in [6, 6.07) is 14.6. The molecule has 0 bridgehead atoms. The highest BCUT2D eigenvalue weighted by Crippen LogP contribution is 2.25. The van der Waals surface area contributed by atoms with Gasteiger partial charge >= 0.3 is 0 Å². The molecule has 1 aliphatic rings. The Balaban J connectivity index is 1.59. The third kappa shape index (κ3) is 4.45. The minimum absolute atomic E-state index is 0.00392. The number of nitrogens with one attached hydrogen (secondary N) is 1. The summed E-state index contributed by atoms with van der Waals surface area (Å²) in [4.78, 5) is 13.0. The van der Waals surface area contributed by atoms with Crippen LogP contribution in [0.25, 0.3) is 0 Å². The monoisotopic (exact) mass is 400 g/mol. The van der Waals surface area contributed by atoms with Crippen molar-refractivity contribution in [2.45, 2.75) is 44.6 Å². The van der Waals surface area contributed by atoms with Crippen molar-refractivity contribution in [3.8, 4) is 0 Å². The van der Waals surface area contributed by atoms with E-state index in [1.807, 2.05) is 6.92 Å². The van der Waals surface area contributed by atoms with Gasteiger partial charge in [0.05, 0.1) is 10.9 Å². The second-order valence-electron chi connectivity index (χ2n) is 7.58. The van der Waals surface area contributed by atoms with E-state index in [-0.39, 0.29) is 17.9 Å². The van der Waals surface area contributed by atoms with Gasteiger partial charge in [-0.15, -0.1) is 0 Å².